The fourth-order valence-electron chi connectivity index (χ4n) is 3.12. The van der Waals surface area contributed by atoms with Gasteiger partial charge in [-0.1, -0.05) is 45.9 Å². The molecule has 7 heteroatoms. The van der Waals surface area contributed by atoms with Gasteiger partial charge in [0, 0.05) is 26.2 Å². The van der Waals surface area contributed by atoms with Gasteiger partial charge in [-0.25, -0.2) is 4.79 Å². The Bertz CT molecular complexity index is 630. The standard InChI is InChI=1S/C21H32N2O4.ClH/c1-15(2)17-7-6-8-18(16(3)4)21(17)27-20(25)14-26-19(24)13-23-11-9-22(5)10-12-23;/h6-8,15-16H,9-14H2,1-5H3;1H. The number of nitrogens with zero attached hydrogens (tertiary/aromatic N) is 2. The summed E-state index contributed by atoms with van der Waals surface area (Å²) in [6.45, 7) is 11.6. The summed E-state index contributed by atoms with van der Waals surface area (Å²) in [5, 5.41) is 0. The molecular weight excluding hydrogens is 380 g/mol. The largest absolute Gasteiger partial charge is 0.453 e. The fraction of sp³-hybridized carbons (Fsp3) is 0.619. The number of ether oxygens (including phenoxy) is 2. The second-order valence-corrected chi connectivity index (χ2v) is 7.79. The highest BCUT2D eigenvalue weighted by Gasteiger charge is 2.20. The lowest BCUT2D eigenvalue weighted by atomic mass is 9.94. The van der Waals surface area contributed by atoms with Crippen LogP contribution in [0, 0.1) is 0 Å². The molecule has 0 unspecified atom stereocenters. The molecule has 0 aromatic heterocycles. The van der Waals surface area contributed by atoms with Gasteiger partial charge in [-0.15, -0.1) is 12.4 Å². The van der Waals surface area contributed by atoms with Crippen molar-refractivity contribution in [2.45, 2.75) is 39.5 Å². The zero-order valence-electron chi connectivity index (χ0n) is 17.6. The molecule has 0 amide bonds. The number of rotatable bonds is 7. The fourth-order valence-corrected chi connectivity index (χ4v) is 3.12. The minimum Gasteiger partial charge on any atom is -0.453 e. The third-order valence-electron chi connectivity index (χ3n) is 4.84. The summed E-state index contributed by atoms with van der Waals surface area (Å²) in [5.74, 6) is 0.120. The van der Waals surface area contributed by atoms with Crippen LogP contribution in [0.4, 0.5) is 0 Å². The predicted molar refractivity (Wildman–Crippen MR) is 112 cm³/mol. The Hall–Kier alpha value is -1.63. The first-order chi connectivity index (χ1) is 12.8. The number of benzene rings is 1. The van der Waals surface area contributed by atoms with Crippen molar-refractivity contribution >= 4 is 24.3 Å². The maximum Gasteiger partial charge on any atom is 0.349 e. The second kappa shape index (κ2) is 11.4. The van der Waals surface area contributed by atoms with Crippen molar-refractivity contribution in [3.63, 3.8) is 0 Å². The van der Waals surface area contributed by atoms with Crippen LogP contribution in [0.1, 0.15) is 50.7 Å². The Balaban J connectivity index is 0.00000392. The number of likely N-dealkylation sites (N-methyl/N-ethyl adjacent to an activating group) is 1. The van der Waals surface area contributed by atoms with Gasteiger partial charge in [-0.3, -0.25) is 9.69 Å². The molecule has 0 saturated carbocycles. The van der Waals surface area contributed by atoms with Crippen molar-refractivity contribution in [3.05, 3.63) is 29.3 Å². The summed E-state index contributed by atoms with van der Waals surface area (Å²) in [4.78, 5) is 28.6. The van der Waals surface area contributed by atoms with Crippen molar-refractivity contribution < 1.29 is 19.1 Å². The van der Waals surface area contributed by atoms with E-state index < -0.39 is 11.9 Å². The van der Waals surface area contributed by atoms with E-state index in [0.29, 0.717) is 5.75 Å². The van der Waals surface area contributed by atoms with Crippen molar-refractivity contribution in [1.82, 2.24) is 9.80 Å². The summed E-state index contributed by atoms with van der Waals surface area (Å²) in [6.07, 6.45) is 0. The highest BCUT2D eigenvalue weighted by atomic mass is 35.5. The SMILES string of the molecule is CC(C)c1cccc(C(C)C)c1OC(=O)COC(=O)CN1CCN(C)CC1.Cl. The molecule has 1 saturated heterocycles. The van der Waals surface area contributed by atoms with E-state index in [1.54, 1.807) is 0 Å². The number of piperazine rings is 1. The molecule has 0 spiro atoms. The molecule has 1 aliphatic heterocycles. The van der Waals surface area contributed by atoms with E-state index in [0.717, 1.165) is 37.3 Å². The van der Waals surface area contributed by atoms with Gasteiger partial charge in [0.15, 0.2) is 6.61 Å². The van der Waals surface area contributed by atoms with Crippen LogP contribution in [0.15, 0.2) is 18.2 Å². The number of para-hydroxylation sites is 1. The van der Waals surface area contributed by atoms with Crippen LogP contribution in [-0.4, -0.2) is 68.1 Å². The lowest BCUT2D eigenvalue weighted by Gasteiger charge is -2.31. The molecule has 158 valence electrons. The molecular formula is C21H33ClN2O4. The number of hydrogen-bond donors (Lipinski definition) is 0. The number of esters is 2. The Morgan fingerprint density at radius 3 is 2.00 bits per heavy atom. The van der Waals surface area contributed by atoms with Gasteiger partial charge in [0.25, 0.3) is 0 Å². The van der Waals surface area contributed by atoms with E-state index >= 15 is 0 Å². The molecule has 2 rings (SSSR count). The minimum atomic E-state index is -0.545. The monoisotopic (exact) mass is 412 g/mol. The molecule has 1 fully saturated rings. The third kappa shape index (κ3) is 7.08. The predicted octanol–water partition coefficient (Wildman–Crippen LogP) is 3.05. The van der Waals surface area contributed by atoms with Crippen molar-refractivity contribution in [1.29, 1.82) is 0 Å². The maximum absolute atomic E-state index is 12.3. The molecule has 0 atom stereocenters. The lowest BCUT2D eigenvalue weighted by molar-refractivity contribution is -0.154. The molecule has 0 N–H and O–H groups in total. The third-order valence-corrected chi connectivity index (χ3v) is 4.84. The van der Waals surface area contributed by atoms with Crippen LogP contribution in [0.25, 0.3) is 0 Å². The molecule has 0 bridgehead atoms. The Morgan fingerprint density at radius 1 is 0.964 bits per heavy atom. The number of halogens is 1. The van der Waals surface area contributed by atoms with Gasteiger partial charge in [-0.05, 0) is 30.0 Å². The zero-order chi connectivity index (χ0) is 20.0. The van der Waals surface area contributed by atoms with Crippen LogP contribution in [-0.2, 0) is 14.3 Å². The highest BCUT2D eigenvalue weighted by molar-refractivity contribution is 5.85. The number of hydrogen-bond acceptors (Lipinski definition) is 6. The molecule has 1 heterocycles. The summed E-state index contributed by atoms with van der Waals surface area (Å²) < 4.78 is 10.8. The minimum absolute atomic E-state index is 0. The van der Waals surface area contributed by atoms with Crippen LogP contribution in [0.2, 0.25) is 0 Å². The first kappa shape index (κ1) is 24.4. The van der Waals surface area contributed by atoms with Crippen molar-refractivity contribution in [3.8, 4) is 5.75 Å². The van der Waals surface area contributed by atoms with Gasteiger partial charge in [-0.2, -0.15) is 0 Å². The second-order valence-electron chi connectivity index (χ2n) is 7.79. The highest BCUT2D eigenvalue weighted by Crippen LogP contribution is 2.34. The smallest absolute Gasteiger partial charge is 0.349 e. The first-order valence-electron chi connectivity index (χ1n) is 9.68. The maximum atomic E-state index is 12.3. The van der Waals surface area contributed by atoms with Crippen molar-refractivity contribution in [2.24, 2.45) is 0 Å². The van der Waals surface area contributed by atoms with Crippen LogP contribution >= 0.6 is 12.4 Å². The topological polar surface area (TPSA) is 59.1 Å². The molecule has 1 aromatic carbocycles. The van der Waals surface area contributed by atoms with Gasteiger partial charge in [0.1, 0.15) is 5.75 Å². The normalized spacial score (nSPS) is 15.4. The van der Waals surface area contributed by atoms with Gasteiger partial charge >= 0.3 is 11.9 Å². The first-order valence-corrected chi connectivity index (χ1v) is 9.68. The van der Waals surface area contributed by atoms with Gasteiger partial charge < -0.3 is 14.4 Å². The average molecular weight is 413 g/mol. The van der Waals surface area contributed by atoms with E-state index in [-0.39, 0.29) is 37.4 Å². The Labute approximate surface area is 174 Å². The Kier molecular flexibility index (Phi) is 9.93. The summed E-state index contributed by atoms with van der Waals surface area (Å²) in [5.41, 5.74) is 1.97. The molecule has 6 nitrogen and oxygen atoms in total. The quantitative estimate of drug-likeness (QED) is 0.506. The number of carbonyl (C=O) groups is 2. The molecule has 28 heavy (non-hydrogen) atoms. The van der Waals surface area contributed by atoms with Crippen LogP contribution < -0.4 is 4.74 Å². The molecule has 1 aliphatic rings. The van der Waals surface area contributed by atoms with E-state index in [1.165, 1.54) is 0 Å². The summed E-state index contributed by atoms with van der Waals surface area (Å²) in [7, 11) is 2.06. The van der Waals surface area contributed by atoms with Crippen LogP contribution in [0.5, 0.6) is 5.75 Å². The van der Waals surface area contributed by atoms with Crippen LogP contribution in [0.3, 0.4) is 0 Å². The van der Waals surface area contributed by atoms with E-state index in [2.05, 4.69) is 39.6 Å². The zero-order valence-corrected chi connectivity index (χ0v) is 18.4. The van der Waals surface area contributed by atoms with Crippen molar-refractivity contribution in [2.75, 3.05) is 46.4 Å². The lowest BCUT2D eigenvalue weighted by Crippen LogP contribution is -2.46. The van der Waals surface area contributed by atoms with Gasteiger partial charge in [0.2, 0.25) is 0 Å². The van der Waals surface area contributed by atoms with E-state index in [9.17, 15) is 9.59 Å². The molecule has 1 aromatic rings. The molecule has 0 radical (unpaired) electrons. The summed E-state index contributed by atoms with van der Waals surface area (Å²) >= 11 is 0. The molecule has 0 aliphatic carbocycles. The van der Waals surface area contributed by atoms with E-state index in [4.69, 9.17) is 9.47 Å². The average Bonchev–Trinajstić information content (AvgIpc) is 2.61. The number of carbonyl (C=O) groups excluding carboxylic acids is 2. The Morgan fingerprint density at radius 2 is 1.50 bits per heavy atom. The van der Waals surface area contributed by atoms with Gasteiger partial charge in [0.05, 0.1) is 6.54 Å². The summed E-state index contributed by atoms with van der Waals surface area (Å²) in [6, 6.07) is 5.93. The van der Waals surface area contributed by atoms with E-state index in [1.807, 2.05) is 23.1 Å².